The summed E-state index contributed by atoms with van der Waals surface area (Å²) >= 11 is 0. The van der Waals surface area contributed by atoms with Gasteiger partial charge in [0.2, 0.25) is 5.78 Å². The van der Waals surface area contributed by atoms with Crippen LogP contribution in [0.4, 0.5) is 5.69 Å². The van der Waals surface area contributed by atoms with Gasteiger partial charge in [0.05, 0.1) is 19.3 Å². The molecular formula is C14H15N3O2. The molecule has 1 N–H and O–H groups in total. The lowest BCUT2D eigenvalue weighted by Crippen LogP contribution is -2.29. The maximum absolute atomic E-state index is 12.6. The molecule has 1 aromatic carbocycles. The van der Waals surface area contributed by atoms with Crippen molar-refractivity contribution in [1.29, 1.82) is 0 Å². The molecule has 1 unspecified atom stereocenters. The topological polar surface area (TPSA) is 56.2 Å². The summed E-state index contributed by atoms with van der Waals surface area (Å²) in [7, 11) is 3.29. The molecule has 0 amide bonds. The lowest BCUT2D eigenvalue weighted by molar-refractivity contribution is 0.0959. The lowest BCUT2D eigenvalue weighted by Gasteiger charge is -2.11. The quantitative estimate of drug-likeness (QED) is 0.849. The number of Topliss-reactive ketones (excluding diaryl/α,β-unsaturated/α-hetero) is 1. The minimum absolute atomic E-state index is 0.00745. The summed E-state index contributed by atoms with van der Waals surface area (Å²) in [5.74, 6) is 0.526. The molecule has 1 aromatic heterocycles. The second kappa shape index (κ2) is 4.42. The van der Waals surface area contributed by atoms with Crippen LogP contribution < -0.4 is 10.1 Å². The van der Waals surface area contributed by atoms with Gasteiger partial charge in [-0.2, -0.15) is 5.10 Å². The van der Waals surface area contributed by atoms with Crippen LogP contribution in [0, 0.1) is 0 Å². The van der Waals surface area contributed by atoms with E-state index in [0.29, 0.717) is 17.9 Å². The predicted octanol–water partition coefficient (Wildman–Crippen LogP) is 1.65. The third kappa shape index (κ3) is 1.87. The number of hydrogen-bond donors (Lipinski definition) is 1. The monoisotopic (exact) mass is 257 g/mol. The van der Waals surface area contributed by atoms with Gasteiger partial charge < -0.3 is 10.1 Å². The molecule has 2 heterocycles. The van der Waals surface area contributed by atoms with Gasteiger partial charge in [-0.15, -0.1) is 0 Å². The Morgan fingerprint density at radius 1 is 1.47 bits per heavy atom. The second-order valence-corrected chi connectivity index (χ2v) is 4.61. The van der Waals surface area contributed by atoms with Crippen LogP contribution in [0.5, 0.6) is 5.75 Å². The van der Waals surface area contributed by atoms with Crippen molar-refractivity contribution in [1.82, 2.24) is 9.78 Å². The highest BCUT2D eigenvalue weighted by molar-refractivity contribution is 6.03. The number of aromatic nitrogens is 2. The van der Waals surface area contributed by atoms with E-state index in [-0.39, 0.29) is 11.8 Å². The Morgan fingerprint density at radius 2 is 2.26 bits per heavy atom. The normalized spacial score (nSPS) is 16.8. The Labute approximate surface area is 111 Å². The van der Waals surface area contributed by atoms with E-state index in [0.717, 1.165) is 5.69 Å². The average Bonchev–Trinajstić information content (AvgIpc) is 3.01. The van der Waals surface area contributed by atoms with Crippen LogP contribution in [0.1, 0.15) is 16.1 Å². The van der Waals surface area contributed by atoms with Crippen LogP contribution in [0.3, 0.4) is 0 Å². The van der Waals surface area contributed by atoms with E-state index in [4.69, 9.17) is 4.74 Å². The van der Waals surface area contributed by atoms with E-state index >= 15 is 0 Å². The van der Waals surface area contributed by atoms with E-state index in [1.807, 2.05) is 24.3 Å². The maximum Gasteiger partial charge on any atom is 0.207 e. The fourth-order valence-corrected chi connectivity index (χ4v) is 2.47. The van der Waals surface area contributed by atoms with Gasteiger partial charge >= 0.3 is 0 Å². The highest BCUT2D eigenvalue weighted by Crippen LogP contribution is 2.28. The molecule has 0 radical (unpaired) electrons. The number of anilines is 1. The molecule has 0 saturated carbocycles. The molecule has 3 rings (SSSR count). The van der Waals surface area contributed by atoms with E-state index in [1.165, 1.54) is 5.56 Å². The minimum Gasteiger partial charge on any atom is -0.493 e. The van der Waals surface area contributed by atoms with Crippen LogP contribution in [-0.2, 0) is 13.5 Å². The van der Waals surface area contributed by atoms with Crippen molar-refractivity contribution >= 4 is 11.5 Å². The molecule has 0 spiro atoms. The Bertz CT molecular complexity index is 608. The van der Waals surface area contributed by atoms with Gasteiger partial charge in [0.15, 0.2) is 5.75 Å². The maximum atomic E-state index is 12.6. The molecule has 0 saturated heterocycles. The van der Waals surface area contributed by atoms with Crippen molar-refractivity contribution in [3.05, 3.63) is 41.7 Å². The number of nitrogens with zero attached hydrogens (tertiary/aromatic N) is 2. The Balaban J connectivity index is 1.89. The van der Waals surface area contributed by atoms with Gasteiger partial charge in [-0.25, -0.2) is 0 Å². The third-order valence-electron chi connectivity index (χ3n) is 3.45. The number of methoxy groups -OCH3 is 1. The second-order valence-electron chi connectivity index (χ2n) is 4.61. The molecule has 0 fully saturated rings. The number of fused-ring (bicyclic) bond motifs is 1. The van der Waals surface area contributed by atoms with Gasteiger partial charge in [-0.3, -0.25) is 9.48 Å². The summed E-state index contributed by atoms with van der Waals surface area (Å²) < 4.78 is 6.75. The molecule has 5 nitrogen and oxygen atoms in total. The number of rotatable bonds is 3. The van der Waals surface area contributed by atoms with Gasteiger partial charge in [0, 0.05) is 19.2 Å². The van der Waals surface area contributed by atoms with E-state index in [9.17, 15) is 4.79 Å². The van der Waals surface area contributed by atoms with Crippen molar-refractivity contribution in [3.63, 3.8) is 0 Å². The van der Waals surface area contributed by atoms with Crippen molar-refractivity contribution in [3.8, 4) is 5.75 Å². The zero-order chi connectivity index (χ0) is 13.4. The fraction of sp³-hybridized carbons (Fsp3) is 0.286. The van der Waals surface area contributed by atoms with Gasteiger partial charge in [-0.05, 0) is 11.6 Å². The number of carbonyl (C=O) groups is 1. The van der Waals surface area contributed by atoms with Crippen molar-refractivity contribution in [2.75, 3.05) is 12.4 Å². The number of aryl methyl sites for hydroxylation is 1. The van der Waals surface area contributed by atoms with Crippen molar-refractivity contribution < 1.29 is 9.53 Å². The molecule has 1 aliphatic rings. The number of ether oxygens (including phenoxy) is 1. The molecule has 19 heavy (non-hydrogen) atoms. The van der Waals surface area contributed by atoms with Gasteiger partial charge in [0.25, 0.3) is 0 Å². The number of benzene rings is 1. The molecule has 0 bridgehead atoms. The van der Waals surface area contributed by atoms with Gasteiger partial charge in [-0.1, -0.05) is 18.2 Å². The zero-order valence-corrected chi connectivity index (χ0v) is 10.9. The van der Waals surface area contributed by atoms with Crippen LogP contribution in [0.2, 0.25) is 0 Å². The number of carbonyl (C=O) groups excluding carboxylic acids is 1. The Hall–Kier alpha value is -2.30. The highest BCUT2D eigenvalue weighted by atomic mass is 16.5. The summed E-state index contributed by atoms with van der Waals surface area (Å²) in [4.78, 5) is 12.6. The van der Waals surface area contributed by atoms with E-state index in [2.05, 4.69) is 10.4 Å². The van der Waals surface area contributed by atoms with E-state index in [1.54, 1.807) is 25.0 Å². The highest BCUT2D eigenvalue weighted by Gasteiger charge is 2.31. The first kappa shape index (κ1) is 11.8. The first-order chi connectivity index (χ1) is 9.20. The van der Waals surface area contributed by atoms with Crippen LogP contribution in [0.25, 0.3) is 0 Å². The predicted molar refractivity (Wildman–Crippen MR) is 71.6 cm³/mol. The molecule has 0 aliphatic carbocycles. The van der Waals surface area contributed by atoms with Crippen LogP contribution >= 0.6 is 0 Å². The summed E-state index contributed by atoms with van der Waals surface area (Å²) in [5, 5.41) is 7.33. The third-order valence-corrected chi connectivity index (χ3v) is 3.45. The summed E-state index contributed by atoms with van der Waals surface area (Å²) in [6.07, 6.45) is 2.26. The number of hydrogen-bond acceptors (Lipinski definition) is 4. The average molecular weight is 257 g/mol. The molecule has 98 valence electrons. The molecule has 5 heteroatoms. The number of nitrogens with one attached hydrogen (secondary N) is 1. The van der Waals surface area contributed by atoms with Crippen LogP contribution in [0.15, 0.2) is 30.5 Å². The number of ketones is 1. The largest absolute Gasteiger partial charge is 0.493 e. The van der Waals surface area contributed by atoms with Crippen molar-refractivity contribution in [2.24, 2.45) is 7.05 Å². The number of para-hydroxylation sites is 1. The fourth-order valence-electron chi connectivity index (χ4n) is 2.47. The lowest BCUT2D eigenvalue weighted by atomic mass is 10.0. The smallest absolute Gasteiger partial charge is 0.207 e. The minimum atomic E-state index is -0.248. The Morgan fingerprint density at radius 3 is 3.00 bits per heavy atom. The molecular weight excluding hydrogens is 242 g/mol. The summed E-state index contributed by atoms with van der Waals surface area (Å²) in [5.41, 5.74) is 2.71. The van der Waals surface area contributed by atoms with Gasteiger partial charge in [0.1, 0.15) is 5.69 Å². The molecule has 1 aliphatic heterocycles. The first-order valence-electron chi connectivity index (χ1n) is 6.15. The van der Waals surface area contributed by atoms with E-state index < -0.39 is 0 Å². The SMILES string of the molecule is COc1cnn(C)c1C(=O)C1Cc2ccccc2N1. The molecule has 2 aromatic rings. The van der Waals surface area contributed by atoms with Crippen molar-refractivity contribution in [2.45, 2.75) is 12.5 Å². The zero-order valence-electron chi connectivity index (χ0n) is 10.9. The Kier molecular flexibility index (Phi) is 2.74. The molecule has 1 atom stereocenters. The first-order valence-corrected chi connectivity index (χ1v) is 6.15. The standard InChI is InChI=1S/C14H15N3O2/c1-17-13(12(19-2)8-15-17)14(18)11-7-9-5-3-4-6-10(9)16-11/h3-6,8,11,16H,7H2,1-2H3. The summed E-state index contributed by atoms with van der Waals surface area (Å²) in [6, 6.07) is 7.72. The summed E-state index contributed by atoms with van der Waals surface area (Å²) in [6.45, 7) is 0. The van der Waals surface area contributed by atoms with Crippen LogP contribution in [-0.4, -0.2) is 28.7 Å².